The van der Waals surface area contributed by atoms with Gasteiger partial charge in [-0.05, 0) is 32.3 Å². The van der Waals surface area contributed by atoms with Crippen molar-refractivity contribution >= 4 is 35.4 Å². The number of nitrogens with one attached hydrogen (secondary N) is 1. The van der Waals surface area contributed by atoms with Crippen LogP contribution < -0.4 is 5.32 Å². The van der Waals surface area contributed by atoms with E-state index in [0.717, 1.165) is 17.1 Å². The molecule has 29 heavy (non-hydrogen) atoms. The van der Waals surface area contributed by atoms with E-state index in [2.05, 4.69) is 5.32 Å². The van der Waals surface area contributed by atoms with Crippen LogP contribution in [0.2, 0.25) is 0 Å². The first-order valence-corrected chi connectivity index (χ1v) is 12.1. The molecule has 0 aliphatic carbocycles. The Bertz CT molecular complexity index is 697. The Morgan fingerprint density at radius 1 is 1.31 bits per heavy atom. The van der Waals surface area contributed by atoms with Crippen molar-refractivity contribution in [2.75, 3.05) is 24.7 Å². The third kappa shape index (κ3) is 5.69. The van der Waals surface area contributed by atoms with E-state index in [0.29, 0.717) is 32.4 Å². The van der Waals surface area contributed by atoms with Crippen molar-refractivity contribution in [1.82, 2.24) is 10.2 Å². The Morgan fingerprint density at radius 2 is 2.00 bits per heavy atom. The molecule has 8 heteroatoms. The minimum atomic E-state index is -0.768. The summed E-state index contributed by atoms with van der Waals surface area (Å²) in [5.74, 6) is 1.59. The molecule has 2 saturated heterocycles. The molecule has 2 aliphatic rings. The lowest BCUT2D eigenvalue weighted by atomic mass is 10.0. The average Bonchev–Trinajstić information content (AvgIpc) is 3.31. The van der Waals surface area contributed by atoms with Gasteiger partial charge in [0.2, 0.25) is 5.91 Å². The van der Waals surface area contributed by atoms with Gasteiger partial charge in [-0.25, -0.2) is 0 Å². The lowest BCUT2D eigenvalue weighted by molar-refractivity contribution is -0.147. The minimum absolute atomic E-state index is 0.0807. The van der Waals surface area contributed by atoms with Crippen LogP contribution in [0.15, 0.2) is 30.3 Å². The molecule has 1 amide bonds. The lowest BCUT2D eigenvalue weighted by Gasteiger charge is -2.28. The van der Waals surface area contributed by atoms with Gasteiger partial charge in [-0.1, -0.05) is 30.3 Å². The summed E-state index contributed by atoms with van der Waals surface area (Å²) in [4.78, 5) is 27.0. The van der Waals surface area contributed by atoms with Crippen LogP contribution in [0.25, 0.3) is 0 Å². The highest BCUT2D eigenvalue weighted by molar-refractivity contribution is 8.21. The van der Waals surface area contributed by atoms with E-state index in [1.54, 1.807) is 18.7 Å². The maximum atomic E-state index is 13.0. The highest BCUT2D eigenvalue weighted by Gasteiger charge is 2.49. The monoisotopic (exact) mass is 438 g/mol. The Morgan fingerprint density at radius 3 is 2.66 bits per heavy atom. The molecule has 2 N–H and O–H groups in total. The molecule has 0 aromatic heterocycles. The van der Waals surface area contributed by atoms with Crippen molar-refractivity contribution in [2.24, 2.45) is 0 Å². The first kappa shape index (κ1) is 22.5. The molecule has 2 heterocycles. The smallest absolute Gasteiger partial charge is 0.323 e. The molecule has 0 radical (unpaired) electrons. The van der Waals surface area contributed by atoms with Crippen molar-refractivity contribution < 1.29 is 19.4 Å². The van der Waals surface area contributed by atoms with Crippen molar-refractivity contribution in [1.29, 1.82) is 0 Å². The van der Waals surface area contributed by atoms with Crippen LogP contribution in [0.1, 0.15) is 32.3 Å². The first-order valence-electron chi connectivity index (χ1n) is 10.2. The molecule has 1 aromatic carbocycles. The molecule has 160 valence electrons. The molecular formula is C21H30N2O4S2. The lowest BCUT2D eigenvalue weighted by Crippen LogP contribution is -2.52. The number of rotatable bonds is 8. The second-order valence-electron chi connectivity index (χ2n) is 7.48. The summed E-state index contributed by atoms with van der Waals surface area (Å²) in [6.07, 6.45) is 1.07. The number of aliphatic hydroxyl groups excluding tert-OH is 1. The van der Waals surface area contributed by atoms with Gasteiger partial charge in [-0.15, -0.1) is 23.5 Å². The third-order valence-electron chi connectivity index (χ3n) is 5.32. The molecule has 2 aliphatic heterocycles. The summed E-state index contributed by atoms with van der Waals surface area (Å²) in [6.45, 7) is 4.37. The second-order valence-corrected chi connectivity index (χ2v) is 10.7. The number of hydrogen-bond acceptors (Lipinski definition) is 7. The molecule has 2 fully saturated rings. The standard InChI is InChI=1S/C21H30N2O4S2/c1-3-27-20(26)17(10-9-16-7-5-4-6-8-16)22-15(2)19(25)23-14-21(13-18(23)24)28-11-12-29-21/h4-8,15,17-18,22,24H,3,9-14H2,1-2H3. The van der Waals surface area contributed by atoms with Gasteiger partial charge in [0, 0.05) is 24.5 Å². The van der Waals surface area contributed by atoms with Gasteiger partial charge in [-0.2, -0.15) is 0 Å². The molecule has 0 saturated carbocycles. The topological polar surface area (TPSA) is 78.9 Å². The summed E-state index contributed by atoms with van der Waals surface area (Å²) in [7, 11) is 0. The Kier molecular flexibility index (Phi) is 7.90. The Balaban J connectivity index is 1.61. The maximum Gasteiger partial charge on any atom is 0.323 e. The number of nitrogens with zero attached hydrogens (tertiary/aromatic N) is 1. The van der Waals surface area contributed by atoms with Crippen LogP contribution in [0.4, 0.5) is 0 Å². The van der Waals surface area contributed by atoms with E-state index in [9.17, 15) is 14.7 Å². The summed E-state index contributed by atoms with van der Waals surface area (Å²) >= 11 is 3.67. The Hall–Kier alpha value is -1.22. The number of amides is 1. The number of thioether (sulfide) groups is 2. The number of carbonyl (C=O) groups excluding carboxylic acids is 2. The number of likely N-dealkylation sites (tertiary alicyclic amines) is 1. The van der Waals surface area contributed by atoms with Gasteiger partial charge in [0.25, 0.3) is 0 Å². The van der Waals surface area contributed by atoms with Crippen molar-refractivity contribution in [3.05, 3.63) is 35.9 Å². The van der Waals surface area contributed by atoms with E-state index in [4.69, 9.17) is 4.74 Å². The predicted molar refractivity (Wildman–Crippen MR) is 118 cm³/mol. The van der Waals surface area contributed by atoms with E-state index in [1.165, 1.54) is 0 Å². The fourth-order valence-corrected chi connectivity index (χ4v) is 7.08. The summed E-state index contributed by atoms with van der Waals surface area (Å²) in [6, 6.07) is 8.79. The molecule has 1 aromatic rings. The number of hydrogen-bond donors (Lipinski definition) is 2. The van der Waals surface area contributed by atoms with Crippen molar-refractivity contribution in [3.63, 3.8) is 0 Å². The third-order valence-corrected chi connectivity index (χ3v) is 8.74. The van der Waals surface area contributed by atoms with E-state index in [-0.39, 0.29) is 16.0 Å². The van der Waals surface area contributed by atoms with E-state index < -0.39 is 18.3 Å². The van der Waals surface area contributed by atoms with Crippen LogP contribution in [0.3, 0.4) is 0 Å². The zero-order chi connectivity index (χ0) is 20.9. The van der Waals surface area contributed by atoms with Crippen LogP contribution in [0.5, 0.6) is 0 Å². The van der Waals surface area contributed by atoms with Crippen LogP contribution in [0, 0.1) is 0 Å². The predicted octanol–water partition coefficient (Wildman–Crippen LogP) is 2.26. The molecular weight excluding hydrogens is 408 g/mol. The summed E-state index contributed by atoms with van der Waals surface area (Å²) < 4.78 is 5.13. The number of benzene rings is 1. The first-order chi connectivity index (χ1) is 13.9. The average molecular weight is 439 g/mol. The molecule has 3 atom stereocenters. The fourth-order valence-electron chi connectivity index (χ4n) is 3.84. The van der Waals surface area contributed by atoms with Gasteiger partial charge < -0.3 is 14.7 Å². The van der Waals surface area contributed by atoms with Gasteiger partial charge >= 0.3 is 5.97 Å². The van der Waals surface area contributed by atoms with Gasteiger partial charge in [0.15, 0.2) is 0 Å². The zero-order valence-corrected chi connectivity index (χ0v) is 18.6. The fraction of sp³-hybridized carbons (Fsp3) is 0.619. The highest BCUT2D eigenvalue weighted by Crippen LogP contribution is 2.51. The molecule has 3 unspecified atom stereocenters. The van der Waals surface area contributed by atoms with Gasteiger partial charge in [-0.3, -0.25) is 14.9 Å². The zero-order valence-electron chi connectivity index (χ0n) is 17.0. The normalized spacial score (nSPS) is 22.6. The van der Waals surface area contributed by atoms with E-state index >= 15 is 0 Å². The van der Waals surface area contributed by atoms with Crippen LogP contribution in [-0.2, 0) is 20.7 Å². The Labute approximate surface area is 181 Å². The molecule has 3 rings (SSSR count). The number of esters is 1. The number of carbonyl (C=O) groups is 2. The quantitative estimate of drug-likeness (QED) is 0.603. The van der Waals surface area contributed by atoms with Gasteiger partial charge in [0.05, 0.1) is 16.7 Å². The van der Waals surface area contributed by atoms with Crippen LogP contribution >= 0.6 is 23.5 Å². The SMILES string of the molecule is CCOC(=O)C(CCc1ccccc1)NC(C)C(=O)N1CC2(CC1O)SCCS2. The van der Waals surface area contributed by atoms with Crippen LogP contribution in [-0.4, -0.2) is 68.9 Å². The maximum absolute atomic E-state index is 13.0. The molecule has 0 bridgehead atoms. The number of aliphatic hydroxyl groups is 1. The largest absolute Gasteiger partial charge is 0.465 e. The number of ether oxygens (including phenoxy) is 1. The number of aryl methyl sites for hydroxylation is 1. The highest BCUT2D eigenvalue weighted by atomic mass is 32.2. The van der Waals surface area contributed by atoms with E-state index in [1.807, 2.05) is 53.9 Å². The second kappa shape index (κ2) is 10.2. The molecule has 1 spiro atoms. The summed E-state index contributed by atoms with van der Waals surface area (Å²) in [5, 5.41) is 13.6. The minimum Gasteiger partial charge on any atom is -0.465 e. The van der Waals surface area contributed by atoms with Gasteiger partial charge in [0.1, 0.15) is 12.3 Å². The van der Waals surface area contributed by atoms with Crippen molar-refractivity contribution in [2.45, 2.75) is 55.5 Å². The molecule has 6 nitrogen and oxygen atoms in total. The summed E-state index contributed by atoms with van der Waals surface area (Å²) in [5.41, 5.74) is 1.13. The van der Waals surface area contributed by atoms with Crippen molar-refractivity contribution in [3.8, 4) is 0 Å².